The Hall–Kier alpha value is -0.930. The molecule has 0 spiro atoms. The summed E-state index contributed by atoms with van der Waals surface area (Å²) in [5.74, 6) is 3.23. The Morgan fingerprint density at radius 3 is 2.50 bits per heavy atom. The fourth-order valence-corrected chi connectivity index (χ4v) is 8.55. The van der Waals surface area contributed by atoms with Crippen LogP contribution in [0.1, 0.15) is 78.1 Å². The summed E-state index contributed by atoms with van der Waals surface area (Å²) in [4.78, 5) is 12.7. The van der Waals surface area contributed by atoms with Crippen LogP contribution in [0, 0.1) is 40.4 Å². The maximum atomic E-state index is 12.7. The Labute approximate surface area is 182 Å². The summed E-state index contributed by atoms with van der Waals surface area (Å²) in [6.07, 6.45) is 15.3. The number of Topliss-reactive ketones (excluding diaryl/α,β-unsaturated/α-hetero) is 1. The first kappa shape index (κ1) is 20.9. The number of nitrogens with one attached hydrogen (secondary N) is 1. The average Bonchev–Trinajstić information content (AvgIpc) is 3.04. The van der Waals surface area contributed by atoms with Crippen molar-refractivity contribution in [2.75, 3.05) is 13.1 Å². The number of carbonyl (C=O) groups is 1. The smallest absolute Gasteiger partial charge is 0.139 e. The van der Waals surface area contributed by atoms with E-state index in [9.17, 15) is 9.90 Å². The zero-order valence-electron chi connectivity index (χ0n) is 19.1. The zero-order chi connectivity index (χ0) is 21.1. The fourth-order valence-electron chi connectivity index (χ4n) is 8.55. The van der Waals surface area contributed by atoms with E-state index in [4.69, 9.17) is 0 Å². The third-order valence-corrected chi connectivity index (χ3v) is 10.6. The van der Waals surface area contributed by atoms with E-state index in [1.165, 1.54) is 19.3 Å². The molecule has 0 aromatic carbocycles. The lowest BCUT2D eigenvalue weighted by molar-refractivity contribution is -0.178. The Balaban J connectivity index is 1.37. The highest BCUT2D eigenvalue weighted by atomic mass is 16.3. The third-order valence-electron chi connectivity index (χ3n) is 10.6. The molecule has 1 saturated heterocycles. The van der Waals surface area contributed by atoms with Crippen molar-refractivity contribution in [3.8, 4) is 0 Å². The molecule has 0 bridgehead atoms. The number of aliphatic hydroxyl groups is 1. The molecule has 7 atom stereocenters. The van der Waals surface area contributed by atoms with Gasteiger partial charge in [0.1, 0.15) is 5.78 Å². The van der Waals surface area contributed by atoms with Gasteiger partial charge < -0.3 is 10.4 Å². The second-order valence-electron chi connectivity index (χ2n) is 11.9. The first-order chi connectivity index (χ1) is 14.3. The van der Waals surface area contributed by atoms with Crippen molar-refractivity contribution in [2.24, 2.45) is 40.4 Å². The molecule has 5 fully saturated rings. The van der Waals surface area contributed by atoms with Crippen LogP contribution in [0.15, 0.2) is 24.3 Å². The molecule has 5 rings (SSSR count). The number of hydrogen-bond acceptors (Lipinski definition) is 3. The van der Waals surface area contributed by atoms with Gasteiger partial charge in [-0.3, -0.25) is 4.79 Å². The number of allylic oxidation sites excluding steroid dienone is 2. The number of carbonyl (C=O) groups excluding carboxylic acids is 1. The minimum absolute atomic E-state index is 0.0843. The Kier molecular flexibility index (Phi) is 5.10. The highest BCUT2D eigenvalue weighted by Gasteiger charge is 2.65. The zero-order valence-corrected chi connectivity index (χ0v) is 19.1. The molecule has 1 aliphatic heterocycles. The second-order valence-corrected chi connectivity index (χ2v) is 11.9. The maximum absolute atomic E-state index is 12.7. The number of rotatable bonds is 2. The summed E-state index contributed by atoms with van der Waals surface area (Å²) in [6, 6.07) is 0. The van der Waals surface area contributed by atoms with Crippen LogP contribution in [0.3, 0.4) is 0 Å². The SMILES string of the molecule is C=C1C[C@H]2[C@@H]3CCC(=O)[C@@]3(C)CC[C@@H]2[C@@]2(C)CC[C@@H](/C=C\C3CCNCC3)C[C@]12O. The van der Waals surface area contributed by atoms with Gasteiger partial charge in [-0.1, -0.05) is 32.6 Å². The largest absolute Gasteiger partial charge is 0.385 e. The molecule has 4 saturated carbocycles. The average molecular weight is 412 g/mol. The highest BCUT2D eigenvalue weighted by Crippen LogP contribution is 2.68. The van der Waals surface area contributed by atoms with Crippen molar-refractivity contribution in [3.63, 3.8) is 0 Å². The van der Waals surface area contributed by atoms with Crippen molar-refractivity contribution < 1.29 is 9.90 Å². The van der Waals surface area contributed by atoms with Gasteiger partial charge in [-0.25, -0.2) is 0 Å². The second kappa shape index (κ2) is 7.30. The summed E-state index contributed by atoms with van der Waals surface area (Å²) in [5.41, 5.74) is 0.127. The van der Waals surface area contributed by atoms with Gasteiger partial charge in [0.25, 0.3) is 0 Å². The van der Waals surface area contributed by atoms with Gasteiger partial charge in [-0.05, 0) is 106 Å². The van der Waals surface area contributed by atoms with Crippen molar-refractivity contribution in [2.45, 2.75) is 83.7 Å². The minimum Gasteiger partial charge on any atom is -0.385 e. The van der Waals surface area contributed by atoms with Crippen LogP contribution in [0.25, 0.3) is 0 Å². The number of hydrogen-bond donors (Lipinski definition) is 2. The van der Waals surface area contributed by atoms with Crippen LogP contribution >= 0.6 is 0 Å². The molecular weight excluding hydrogens is 370 g/mol. The van der Waals surface area contributed by atoms with E-state index in [-0.39, 0.29) is 10.8 Å². The molecular formula is C27H41NO2. The maximum Gasteiger partial charge on any atom is 0.139 e. The lowest BCUT2D eigenvalue weighted by atomic mass is 9.42. The number of fused-ring (bicyclic) bond motifs is 5. The lowest BCUT2D eigenvalue weighted by Crippen LogP contribution is -2.63. The van der Waals surface area contributed by atoms with Gasteiger partial charge in [0.2, 0.25) is 0 Å². The fraction of sp³-hybridized carbons (Fsp3) is 0.815. The molecule has 166 valence electrons. The van der Waals surface area contributed by atoms with Gasteiger partial charge in [0, 0.05) is 17.3 Å². The van der Waals surface area contributed by atoms with E-state index in [1.807, 2.05) is 0 Å². The molecule has 0 aromatic rings. The van der Waals surface area contributed by atoms with Crippen LogP contribution in [0.5, 0.6) is 0 Å². The van der Waals surface area contributed by atoms with Crippen molar-refractivity contribution in [3.05, 3.63) is 24.3 Å². The van der Waals surface area contributed by atoms with Crippen LogP contribution in [-0.2, 0) is 4.79 Å². The molecule has 1 heterocycles. The minimum atomic E-state index is -0.744. The van der Waals surface area contributed by atoms with Gasteiger partial charge in [-0.15, -0.1) is 0 Å². The summed E-state index contributed by atoms with van der Waals surface area (Å²) >= 11 is 0. The Morgan fingerprint density at radius 2 is 1.73 bits per heavy atom. The van der Waals surface area contributed by atoms with E-state index in [2.05, 4.69) is 37.9 Å². The number of piperidine rings is 1. The van der Waals surface area contributed by atoms with Gasteiger partial charge in [-0.2, -0.15) is 0 Å². The van der Waals surface area contributed by atoms with E-state index >= 15 is 0 Å². The normalized spacial score (nSPS) is 49.7. The summed E-state index contributed by atoms with van der Waals surface area (Å²) < 4.78 is 0. The van der Waals surface area contributed by atoms with Crippen LogP contribution < -0.4 is 5.32 Å². The van der Waals surface area contributed by atoms with Crippen molar-refractivity contribution in [1.82, 2.24) is 5.32 Å². The monoisotopic (exact) mass is 411 g/mol. The number of ketones is 1. The molecule has 0 amide bonds. The molecule has 5 aliphatic rings. The molecule has 0 aromatic heterocycles. The van der Waals surface area contributed by atoms with Gasteiger partial charge in [0.05, 0.1) is 5.60 Å². The predicted molar refractivity (Wildman–Crippen MR) is 121 cm³/mol. The van der Waals surface area contributed by atoms with Gasteiger partial charge in [0.15, 0.2) is 0 Å². The quantitative estimate of drug-likeness (QED) is 0.625. The molecule has 2 N–H and O–H groups in total. The first-order valence-electron chi connectivity index (χ1n) is 12.6. The van der Waals surface area contributed by atoms with E-state index < -0.39 is 5.60 Å². The Bertz CT molecular complexity index is 752. The van der Waals surface area contributed by atoms with Crippen molar-refractivity contribution >= 4 is 5.78 Å². The predicted octanol–water partition coefficient (Wildman–Crippen LogP) is 5.05. The van der Waals surface area contributed by atoms with E-state index in [0.717, 1.165) is 63.6 Å². The summed E-state index contributed by atoms with van der Waals surface area (Å²) in [6.45, 7) is 11.3. The lowest BCUT2D eigenvalue weighted by Gasteiger charge is -2.64. The standard InChI is InChI=1S/C27H41NO2/c1-18-16-21-22-6-7-24(29)25(22,2)12-9-23(21)26(3)13-8-20(17-27(18,26)30)5-4-19-10-14-28-15-11-19/h4-5,19-23,28,30H,1,6-17H2,2-3H3/b5-4-/t20-,21+,22+,23+,25+,26-,27+/m1/s1. The molecule has 3 heteroatoms. The highest BCUT2D eigenvalue weighted by molar-refractivity contribution is 5.87. The van der Waals surface area contributed by atoms with E-state index in [0.29, 0.717) is 35.4 Å². The van der Waals surface area contributed by atoms with E-state index in [1.54, 1.807) is 0 Å². The molecule has 0 unspecified atom stereocenters. The molecule has 3 nitrogen and oxygen atoms in total. The molecule has 0 radical (unpaired) electrons. The third kappa shape index (κ3) is 2.94. The topological polar surface area (TPSA) is 49.3 Å². The molecule has 4 aliphatic carbocycles. The first-order valence-corrected chi connectivity index (χ1v) is 12.6. The van der Waals surface area contributed by atoms with Crippen LogP contribution in [-0.4, -0.2) is 29.6 Å². The van der Waals surface area contributed by atoms with Crippen LogP contribution in [0.2, 0.25) is 0 Å². The van der Waals surface area contributed by atoms with Crippen LogP contribution in [0.4, 0.5) is 0 Å². The van der Waals surface area contributed by atoms with Gasteiger partial charge >= 0.3 is 0 Å². The summed E-state index contributed by atoms with van der Waals surface area (Å²) in [5, 5.41) is 15.6. The van der Waals surface area contributed by atoms with Crippen molar-refractivity contribution in [1.29, 1.82) is 0 Å². The summed E-state index contributed by atoms with van der Waals surface area (Å²) in [7, 11) is 0. The Morgan fingerprint density at radius 1 is 1.00 bits per heavy atom. The molecule has 30 heavy (non-hydrogen) atoms.